The number of anilines is 1. The summed E-state index contributed by atoms with van der Waals surface area (Å²) in [5.74, 6) is 0.705. The molecule has 2 unspecified atom stereocenters. The normalized spacial score (nSPS) is 27.5. The maximum atomic E-state index is 11.7. The molecule has 0 bridgehead atoms. The fraction of sp³-hybridized carbons (Fsp3) is 0.500. The third-order valence-electron chi connectivity index (χ3n) is 3.70. The Morgan fingerprint density at radius 3 is 3.06 bits per heavy atom. The summed E-state index contributed by atoms with van der Waals surface area (Å²) in [5.41, 5.74) is 2.34. The van der Waals surface area contributed by atoms with Gasteiger partial charge >= 0.3 is 0 Å². The van der Waals surface area contributed by atoms with Crippen LogP contribution in [-0.4, -0.2) is 24.2 Å². The zero-order valence-electron chi connectivity index (χ0n) is 10.5. The Labute approximate surface area is 112 Å². The van der Waals surface area contributed by atoms with Gasteiger partial charge in [0.1, 0.15) is 0 Å². The van der Waals surface area contributed by atoms with Gasteiger partial charge in [0.25, 0.3) is 0 Å². The van der Waals surface area contributed by atoms with Crippen LogP contribution in [0.5, 0.6) is 0 Å². The first-order valence-electron chi connectivity index (χ1n) is 6.56. The molecule has 0 radical (unpaired) electrons. The highest BCUT2D eigenvalue weighted by Crippen LogP contribution is 2.37. The molecular weight excluding hydrogens is 244 g/mol. The van der Waals surface area contributed by atoms with E-state index in [1.165, 1.54) is 23.3 Å². The maximum Gasteiger partial charge on any atom is 0.237 e. The first-order valence-corrected chi connectivity index (χ1v) is 7.44. The summed E-state index contributed by atoms with van der Waals surface area (Å²) in [7, 11) is 0. The van der Waals surface area contributed by atoms with Gasteiger partial charge in [-0.25, -0.2) is 0 Å². The Bertz CT molecular complexity index is 469. The molecular formula is C14H18N2OS. The van der Waals surface area contributed by atoms with Gasteiger partial charge in [0.15, 0.2) is 0 Å². The van der Waals surface area contributed by atoms with E-state index in [2.05, 4.69) is 28.8 Å². The Hall–Kier alpha value is -1.00. The third-order valence-corrected chi connectivity index (χ3v) is 4.88. The number of carbonyl (C=O) groups is 1. The van der Waals surface area contributed by atoms with Crippen LogP contribution in [0.4, 0.5) is 5.69 Å². The molecule has 0 saturated carbocycles. The molecule has 2 N–H and O–H groups in total. The van der Waals surface area contributed by atoms with Crippen molar-refractivity contribution >= 4 is 23.4 Å². The summed E-state index contributed by atoms with van der Waals surface area (Å²) in [6, 6.07) is 6.53. The Balaban J connectivity index is 1.86. The number of piperidine rings is 1. The van der Waals surface area contributed by atoms with Crippen molar-refractivity contribution in [3.8, 4) is 0 Å². The van der Waals surface area contributed by atoms with Crippen molar-refractivity contribution in [3.05, 3.63) is 23.8 Å². The van der Waals surface area contributed by atoms with Crippen LogP contribution in [0.1, 0.15) is 31.2 Å². The Morgan fingerprint density at radius 2 is 2.28 bits per heavy atom. The molecule has 0 spiro atoms. The van der Waals surface area contributed by atoms with Gasteiger partial charge in [-0.2, -0.15) is 0 Å². The van der Waals surface area contributed by atoms with Crippen molar-refractivity contribution in [1.82, 2.24) is 5.32 Å². The first-order chi connectivity index (χ1) is 8.74. The lowest BCUT2D eigenvalue weighted by molar-refractivity contribution is -0.115. The van der Waals surface area contributed by atoms with E-state index in [1.807, 2.05) is 6.92 Å². The lowest BCUT2D eigenvalue weighted by atomic mass is 9.91. The molecule has 2 aliphatic rings. The zero-order chi connectivity index (χ0) is 12.5. The fourth-order valence-electron chi connectivity index (χ4n) is 2.62. The van der Waals surface area contributed by atoms with E-state index in [-0.39, 0.29) is 11.2 Å². The van der Waals surface area contributed by atoms with Gasteiger partial charge in [0, 0.05) is 11.4 Å². The number of carbonyl (C=O) groups excluding carboxylic acids is 1. The van der Waals surface area contributed by atoms with Crippen molar-refractivity contribution in [3.63, 3.8) is 0 Å². The van der Waals surface area contributed by atoms with Crippen molar-refractivity contribution < 1.29 is 4.79 Å². The Morgan fingerprint density at radius 1 is 1.39 bits per heavy atom. The van der Waals surface area contributed by atoms with Crippen LogP contribution in [0, 0.1) is 0 Å². The second-order valence-corrected chi connectivity index (χ2v) is 6.43. The average Bonchev–Trinajstić information content (AvgIpc) is 2.41. The third kappa shape index (κ3) is 2.27. The molecule has 1 amide bonds. The molecule has 3 nitrogen and oxygen atoms in total. The molecule has 3 rings (SSSR count). The second kappa shape index (κ2) is 4.94. The minimum Gasteiger partial charge on any atom is -0.324 e. The summed E-state index contributed by atoms with van der Waals surface area (Å²) in [6.07, 6.45) is 2.48. The Kier molecular flexibility index (Phi) is 3.31. The minimum atomic E-state index is 0.0136. The van der Waals surface area contributed by atoms with Crippen LogP contribution < -0.4 is 10.6 Å². The van der Waals surface area contributed by atoms with Crippen LogP contribution in [0.25, 0.3) is 0 Å². The monoisotopic (exact) mass is 262 g/mol. The van der Waals surface area contributed by atoms with Gasteiger partial charge in [-0.15, -0.1) is 11.8 Å². The molecule has 1 saturated heterocycles. The van der Waals surface area contributed by atoms with Gasteiger partial charge in [0.2, 0.25) is 5.91 Å². The topological polar surface area (TPSA) is 41.1 Å². The lowest BCUT2D eigenvalue weighted by Gasteiger charge is -2.26. The van der Waals surface area contributed by atoms with E-state index < -0.39 is 0 Å². The number of hydrogen-bond donors (Lipinski definition) is 2. The summed E-state index contributed by atoms with van der Waals surface area (Å²) < 4.78 is 0. The number of hydrogen-bond acceptors (Lipinski definition) is 3. The molecule has 0 aliphatic carbocycles. The number of rotatable bonds is 1. The summed E-state index contributed by atoms with van der Waals surface area (Å²) in [4.78, 5) is 12.9. The van der Waals surface area contributed by atoms with Crippen LogP contribution in [-0.2, 0) is 4.79 Å². The standard InChI is InChI=1S/C14H18N2OS/c1-9-14(17)16-12-7-10(4-5-13(12)18-9)11-3-2-6-15-8-11/h4-5,7,9,11,15H,2-3,6,8H2,1H3,(H,16,17). The molecule has 1 fully saturated rings. The van der Waals surface area contributed by atoms with Crippen molar-refractivity contribution in [2.24, 2.45) is 0 Å². The number of benzene rings is 1. The molecule has 2 heterocycles. The zero-order valence-corrected chi connectivity index (χ0v) is 11.3. The molecule has 1 aromatic carbocycles. The van der Waals surface area contributed by atoms with E-state index in [1.54, 1.807) is 11.8 Å². The summed E-state index contributed by atoms with van der Waals surface area (Å²) >= 11 is 1.65. The summed E-state index contributed by atoms with van der Waals surface area (Å²) in [5, 5.41) is 6.46. The highest BCUT2D eigenvalue weighted by atomic mass is 32.2. The number of amides is 1. The number of fused-ring (bicyclic) bond motifs is 1. The van der Waals surface area contributed by atoms with Crippen molar-refractivity contribution in [1.29, 1.82) is 0 Å². The van der Waals surface area contributed by atoms with E-state index >= 15 is 0 Å². The molecule has 4 heteroatoms. The first kappa shape index (κ1) is 12.1. The highest BCUT2D eigenvalue weighted by molar-refractivity contribution is 8.00. The van der Waals surface area contributed by atoms with Gasteiger partial charge in [-0.3, -0.25) is 4.79 Å². The van der Waals surface area contributed by atoms with Crippen LogP contribution in [0.2, 0.25) is 0 Å². The quantitative estimate of drug-likeness (QED) is 0.817. The van der Waals surface area contributed by atoms with E-state index in [0.29, 0.717) is 5.92 Å². The van der Waals surface area contributed by atoms with E-state index in [0.717, 1.165) is 18.8 Å². The van der Waals surface area contributed by atoms with Crippen LogP contribution >= 0.6 is 11.8 Å². The fourth-order valence-corrected chi connectivity index (χ4v) is 3.55. The van der Waals surface area contributed by atoms with Gasteiger partial charge in [0.05, 0.1) is 10.9 Å². The SMILES string of the molecule is CC1Sc2ccc(C3CCCNC3)cc2NC1=O. The predicted molar refractivity (Wildman–Crippen MR) is 75.2 cm³/mol. The van der Waals surface area contributed by atoms with Gasteiger partial charge < -0.3 is 10.6 Å². The summed E-state index contributed by atoms with van der Waals surface area (Å²) in [6.45, 7) is 4.13. The number of nitrogens with one attached hydrogen (secondary N) is 2. The van der Waals surface area contributed by atoms with Crippen LogP contribution in [0.15, 0.2) is 23.1 Å². The largest absolute Gasteiger partial charge is 0.324 e. The van der Waals surface area contributed by atoms with Crippen molar-refractivity contribution in [2.75, 3.05) is 18.4 Å². The molecule has 2 aliphatic heterocycles. The number of thioether (sulfide) groups is 1. The molecule has 96 valence electrons. The average molecular weight is 262 g/mol. The second-order valence-electron chi connectivity index (χ2n) is 5.05. The van der Waals surface area contributed by atoms with Gasteiger partial charge in [-0.1, -0.05) is 6.07 Å². The molecule has 18 heavy (non-hydrogen) atoms. The predicted octanol–water partition coefficient (Wildman–Crippen LogP) is 2.59. The van der Waals surface area contributed by atoms with E-state index in [4.69, 9.17) is 0 Å². The van der Waals surface area contributed by atoms with E-state index in [9.17, 15) is 4.79 Å². The molecule has 0 aromatic heterocycles. The molecule has 1 aromatic rings. The maximum absolute atomic E-state index is 11.7. The highest BCUT2D eigenvalue weighted by Gasteiger charge is 2.24. The minimum absolute atomic E-state index is 0.0136. The lowest BCUT2D eigenvalue weighted by Crippen LogP contribution is -2.29. The molecule has 2 atom stereocenters. The van der Waals surface area contributed by atoms with Crippen molar-refractivity contribution in [2.45, 2.75) is 35.8 Å². The van der Waals surface area contributed by atoms with Gasteiger partial charge in [-0.05, 0) is 49.9 Å². The van der Waals surface area contributed by atoms with Crippen LogP contribution in [0.3, 0.4) is 0 Å². The smallest absolute Gasteiger partial charge is 0.237 e.